The van der Waals surface area contributed by atoms with Crippen LogP contribution in [-0.4, -0.2) is 18.0 Å². The molecular weight excluding hydrogens is 164 g/mol. The first-order valence-corrected chi connectivity index (χ1v) is 5.46. The lowest BCUT2D eigenvalue weighted by molar-refractivity contribution is -0.106. The van der Waals surface area contributed by atoms with Gasteiger partial charge in [-0.2, -0.15) is 0 Å². The Morgan fingerprint density at radius 1 is 1.15 bits per heavy atom. The number of unbranched alkanes of at least 4 members (excludes halogenated alkanes) is 2. The maximum absolute atomic E-state index is 9.37. The van der Waals surface area contributed by atoms with Gasteiger partial charge in [-0.3, -0.25) is 0 Å². The standard InChI is InChI=1S/C11H24O2/c1-4-5-6-7-11(12)13-9-8-10(2)3/h10-12H,4-9H2,1-3H3. The minimum Gasteiger partial charge on any atom is -0.368 e. The van der Waals surface area contributed by atoms with E-state index in [0.29, 0.717) is 12.5 Å². The second-order valence-electron chi connectivity index (χ2n) is 4.00. The average Bonchev–Trinajstić information content (AvgIpc) is 2.04. The molecule has 80 valence electrons. The van der Waals surface area contributed by atoms with Gasteiger partial charge < -0.3 is 9.84 Å². The summed E-state index contributed by atoms with van der Waals surface area (Å²) in [5, 5.41) is 9.37. The molecule has 13 heavy (non-hydrogen) atoms. The molecule has 2 nitrogen and oxygen atoms in total. The minimum atomic E-state index is -0.537. The van der Waals surface area contributed by atoms with Gasteiger partial charge in [0.25, 0.3) is 0 Å². The van der Waals surface area contributed by atoms with Crippen LogP contribution in [-0.2, 0) is 4.74 Å². The van der Waals surface area contributed by atoms with Crippen molar-refractivity contribution in [1.29, 1.82) is 0 Å². The van der Waals surface area contributed by atoms with E-state index in [2.05, 4.69) is 20.8 Å². The van der Waals surface area contributed by atoms with Crippen LogP contribution < -0.4 is 0 Å². The quantitative estimate of drug-likeness (QED) is 0.469. The Hall–Kier alpha value is -0.0800. The highest BCUT2D eigenvalue weighted by molar-refractivity contribution is 4.47. The fourth-order valence-electron chi connectivity index (χ4n) is 1.09. The Labute approximate surface area is 82.3 Å². The van der Waals surface area contributed by atoms with Gasteiger partial charge in [0.05, 0.1) is 0 Å². The molecule has 0 fully saturated rings. The SMILES string of the molecule is CCCCCC(O)OCCC(C)C. The number of ether oxygens (including phenoxy) is 1. The van der Waals surface area contributed by atoms with Crippen molar-refractivity contribution < 1.29 is 9.84 Å². The highest BCUT2D eigenvalue weighted by Crippen LogP contribution is 2.06. The van der Waals surface area contributed by atoms with Crippen molar-refractivity contribution in [3.05, 3.63) is 0 Å². The van der Waals surface area contributed by atoms with Crippen LogP contribution >= 0.6 is 0 Å². The molecule has 0 aliphatic carbocycles. The van der Waals surface area contributed by atoms with Gasteiger partial charge in [-0.25, -0.2) is 0 Å². The van der Waals surface area contributed by atoms with Crippen LogP contribution in [0.5, 0.6) is 0 Å². The molecule has 0 amide bonds. The zero-order valence-electron chi connectivity index (χ0n) is 9.25. The summed E-state index contributed by atoms with van der Waals surface area (Å²) in [4.78, 5) is 0. The fraction of sp³-hybridized carbons (Fsp3) is 1.00. The number of aliphatic hydroxyl groups excluding tert-OH is 1. The molecule has 1 unspecified atom stereocenters. The number of aliphatic hydroxyl groups is 1. The van der Waals surface area contributed by atoms with Crippen LogP contribution in [0.3, 0.4) is 0 Å². The Kier molecular flexibility index (Phi) is 8.46. The zero-order valence-corrected chi connectivity index (χ0v) is 9.25. The monoisotopic (exact) mass is 188 g/mol. The molecule has 0 radical (unpaired) electrons. The van der Waals surface area contributed by atoms with Gasteiger partial charge in [0.1, 0.15) is 0 Å². The molecular formula is C11H24O2. The second kappa shape index (κ2) is 8.52. The molecule has 0 heterocycles. The fourth-order valence-corrected chi connectivity index (χ4v) is 1.09. The third-order valence-electron chi connectivity index (χ3n) is 2.06. The summed E-state index contributed by atoms with van der Waals surface area (Å²) in [6, 6.07) is 0. The summed E-state index contributed by atoms with van der Waals surface area (Å²) in [5.41, 5.74) is 0. The van der Waals surface area contributed by atoms with Gasteiger partial charge in [-0.1, -0.05) is 33.6 Å². The van der Waals surface area contributed by atoms with E-state index in [1.54, 1.807) is 0 Å². The maximum Gasteiger partial charge on any atom is 0.154 e. The smallest absolute Gasteiger partial charge is 0.154 e. The molecule has 0 spiro atoms. The Balaban J connectivity index is 3.15. The largest absolute Gasteiger partial charge is 0.368 e. The molecule has 0 saturated heterocycles. The zero-order chi connectivity index (χ0) is 10.1. The van der Waals surface area contributed by atoms with E-state index >= 15 is 0 Å². The summed E-state index contributed by atoms with van der Waals surface area (Å²) >= 11 is 0. The highest BCUT2D eigenvalue weighted by atomic mass is 16.6. The molecule has 0 saturated carbocycles. The predicted octanol–water partition coefficient (Wildman–Crippen LogP) is 2.95. The molecule has 0 aromatic rings. The Morgan fingerprint density at radius 2 is 1.85 bits per heavy atom. The Morgan fingerprint density at radius 3 is 2.38 bits per heavy atom. The Bertz CT molecular complexity index is 102. The van der Waals surface area contributed by atoms with E-state index in [9.17, 15) is 5.11 Å². The molecule has 0 aliphatic rings. The number of rotatable bonds is 8. The molecule has 0 rings (SSSR count). The van der Waals surface area contributed by atoms with Crippen LogP contribution in [0.4, 0.5) is 0 Å². The first-order valence-electron chi connectivity index (χ1n) is 5.46. The molecule has 0 bridgehead atoms. The lowest BCUT2D eigenvalue weighted by Crippen LogP contribution is -2.13. The summed E-state index contributed by atoms with van der Waals surface area (Å²) in [6.45, 7) is 7.16. The van der Waals surface area contributed by atoms with Crippen LogP contribution in [0.2, 0.25) is 0 Å². The summed E-state index contributed by atoms with van der Waals surface area (Å²) in [7, 11) is 0. The molecule has 1 N–H and O–H groups in total. The second-order valence-corrected chi connectivity index (χ2v) is 4.00. The van der Waals surface area contributed by atoms with Crippen molar-refractivity contribution in [2.45, 2.75) is 59.2 Å². The van der Waals surface area contributed by atoms with Gasteiger partial charge in [-0.15, -0.1) is 0 Å². The van der Waals surface area contributed by atoms with Crippen molar-refractivity contribution in [3.8, 4) is 0 Å². The normalized spacial score (nSPS) is 13.6. The van der Waals surface area contributed by atoms with Crippen LogP contribution in [0.15, 0.2) is 0 Å². The van der Waals surface area contributed by atoms with E-state index < -0.39 is 6.29 Å². The molecule has 0 aliphatic heterocycles. The van der Waals surface area contributed by atoms with Crippen LogP contribution in [0, 0.1) is 5.92 Å². The molecule has 2 heteroatoms. The van der Waals surface area contributed by atoms with Crippen LogP contribution in [0.25, 0.3) is 0 Å². The topological polar surface area (TPSA) is 29.5 Å². The predicted molar refractivity (Wildman–Crippen MR) is 55.6 cm³/mol. The van der Waals surface area contributed by atoms with Crippen molar-refractivity contribution in [2.24, 2.45) is 5.92 Å². The van der Waals surface area contributed by atoms with E-state index in [0.717, 1.165) is 19.3 Å². The molecule has 1 atom stereocenters. The van der Waals surface area contributed by atoms with Crippen molar-refractivity contribution in [2.75, 3.05) is 6.61 Å². The number of hydrogen-bond donors (Lipinski definition) is 1. The van der Waals surface area contributed by atoms with Gasteiger partial charge in [0.2, 0.25) is 0 Å². The lowest BCUT2D eigenvalue weighted by atomic mass is 10.1. The lowest BCUT2D eigenvalue weighted by Gasteiger charge is -2.12. The van der Waals surface area contributed by atoms with Gasteiger partial charge in [0.15, 0.2) is 6.29 Å². The summed E-state index contributed by atoms with van der Waals surface area (Å²) in [5.74, 6) is 0.655. The van der Waals surface area contributed by atoms with E-state index in [-0.39, 0.29) is 0 Å². The maximum atomic E-state index is 9.37. The number of hydrogen-bond acceptors (Lipinski definition) is 2. The van der Waals surface area contributed by atoms with Gasteiger partial charge >= 0.3 is 0 Å². The minimum absolute atomic E-state index is 0.537. The average molecular weight is 188 g/mol. The molecule has 0 aromatic carbocycles. The first kappa shape index (κ1) is 12.9. The van der Waals surface area contributed by atoms with Crippen molar-refractivity contribution in [1.82, 2.24) is 0 Å². The van der Waals surface area contributed by atoms with Crippen LogP contribution in [0.1, 0.15) is 52.9 Å². The summed E-state index contributed by atoms with van der Waals surface area (Å²) in [6.07, 6.45) is 4.73. The first-order chi connectivity index (χ1) is 6.16. The van der Waals surface area contributed by atoms with Crippen molar-refractivity contribution >= 4 is 0 Å². The highest BCUT2D eigenvalue weighted by Gasteiger charge is 2.03. The van der Waals surface area contributed by atoms with E-state index in [4.69, 9.17) is 4.74 Å². The summed E-state index contributed by atoms with van der Waals surface area (Å²) < 4.78 is 5.25. The van der Waals surface area contributed by atoms with Gasteiger partial charge in [0, 0.05) is 6.61 Å². The molecule has 0 aromatic heterocycles. The van der Waals surface area contributed by atoms with E-state index in [1.807, 2.05) is 0 Å². The third-order valence-corrected chi connectivity index (χ3v) is 2.06. The van der Waals surface area contributed by atoms with Crippen molar-refractivity contribution in [3.63, 3.8) is 0 Å². The third kappa shape index (κ3) is 9.84. The van der Waals surface area contributed by atoms with Gasteiger partial charge in [-0.05, 0) is 25.2 Å². The van der Waals surface area contributed by atoms with E-state index in [1.165, 1.54) is 12.8 Å².